The van der Waals surface area contributed by atoms with Crippen molar-refractivity contribution < 1.29 is 4.74 Å². The maximum atomic E-state index is 8.73. The van der Waals surface area contributed by atoms with Crippen LogP contribution in [0.3, 0.4) is 0 Å². The van der Waals surface area contributed by atoms with Crippen LogP contribution in [-0.4, -0.2) is 44.2 Å². The lowest BCUT2D eigenvalue weighted by atomic mass is 9.71. The molecule has 2 saturated heterocycles. The minimum absolute atomic E-state index is 0.318. The molecule has 0 radical (unpaired) electrons. The minimum Gasteiger partial charge on any atom is -0.494 e. The summed E-state index contributed by atoms with van der Waals surface area (Å²) in [4.78, 5) is 5.09. The first-order valence-electron chi connectivity index (χ1n) is 9.07. The van der Waals surface area contributed by atoms with Gasteiger partial charge in [0.2, 0.25) is 0 Å². The summed E-state index contributed by atoms with van der Waals surface area (Å²) in [6.45, 7) is 13.1. The Kier molecular flexibility index (Phi) is 4.73. The van der Waals surface area contributed by atoms with Crippen LogP contribution in [0.4, 0.5) is 5.69 Å². The number of rotatable bonds is 6. The Morgan fingerprint density at radius 2 is 1.71 bits per heavy atom. The van der Waals surface area contributed by atoms with E-state index in [4.69, 9.17) is 10.00 Å². The van der Waals surface area contributed by atoms with Crippen molar-refractivity contribution in [1.82, 2.24) is 4.90 Å². The molecule has 0 aromatic heterocycles. The van der Waals surface area contributed by atoms with E-state index in [0.29, 0.717) is 23.9 Å². The zero-order valence-electron chi connectivity index (χ0n) is 15.2. The van der Waals surface area contributed by atoms with Crippen molar-refractivity contribution in [3.8, 4) is 11.8 Å². The van der Waals surface area contributed by atoms with Gasteiger partial charge >= 0.3 is 0 Å². The predicted octanol–water partition coefficient (Wildman–Crippen LogP) is 3.54. The van der Waals surface area contributed by atoms with Crippen molar-refractivity contribution in [3.63, 3.8) is 0 Å². The molecule has 2 fully saturated rings. The highest BCUT2D eigenvalue weighted by molar-refractivity contribution is 5.51. The first-order chi connectivity index (χ1) is 11.5. The third-order valence-corrected chi connectivity index (χ3v) is 5.96. The van der Waals surface area contributed by atoms with Crippen LogP contribution in [0.15, 0.2) is 24.3 Å². The third kappa shape index (κ3) is 3.10. The number of likely N-dealkylation sites (tertiary alicyclic amines) is 1. The van der Waals surface area contributed by atoms with E-state index in [0.717, 1.165) is 44.9 Å². The summed E-state index contributed by atoms with van der Waals surface area (Å²) in [5.41, 5.74) is 1.93. The van der Waals surface area contributed by atoms with Crippen molar-refractivity contribution in [2.24, 2.45) is 10.8 Å². The highest BCUT2D eigenvalue weighted by Gasteiger charge is 2.57. The van der Waals surface area contributed by atoms with Crippen molar-refractivity contribution in [2.45, 2.75) is 33.6 Å². The Morgan fingerprint density at radius 3 is 2.25 bits per heavy atom. The maximum absolute atomic E-state index is 8.73. The minimum atomic E-state index is 0.318. The van der Waals surface area contributed by atoms with Gasteiger partial charge in [0.15, 0.2) is 0 Å². The molecule has 3 rings (SSSR count). The molecule has 2 aliphatic heterocycles. The van der Waals surface area contributed by atoms with Crippen LogP contribution in [-0.2, 0) is 0 Å². The molecule has 0 amide bonds. The average molecular weight is 327 g/mol. The van der Waals surface area contributed by atoms with Crippen molar-refractivity contribution >= 4 is 5.69 Å². The fourth-order valence-electron chi connectivity index (χ4n) is 4.45. The molecule has 0 saturated carbocycles. The lowest BCUT2D eigenvalue weighted by Crippen LogP contribution is -2.34. The van der Waals surface area contributed by atoms with Gasteiger partial charge in [0, 0.05) is 49.1 Å². The Balaban J connectivity index is 1.65. The smallest absolute Gasteiger partial charge is 0.119 e. The number of hydrogen-bond donors (Lipinski definition) is 0. The molecule has 0 N–H and O–H groups in total. The maximum Gasteiger partial charge on any atom is 0.119 e. The standard InChI is InChI=1S/C20H29N3O/c1-4-24-18-9-7-17(8-10-18)23-15-19(2)13-22(12-6-5-11-21)14-20(19,3)16-23/h7-10H,4-6,12-16H2,1-3H3/t19-,20+. The Labute approximate surface area is 146 Å². The van der Waals surface area contributed by atoms with Gasteiger partial charge in [-0.05, 0) is 44.2 Å². The molecule has 2 atom stereocenters. The van der Waals surface area contributed by atoms with E-state index < -0.39 is 0 Å². The summed E-state index contributed by atoms with van der Waals surface area (Å²) in [5, 5.41) is 8.73. The van der Waals surface area contributed by atoms with Gasteiger partial charge in [0.25, 0.3) is 0 Å². The number of nitrogens with zero attached hydrogens (tertiary/aromatic N) is 3. The molecule has 1 aromatic carbocycles. The van der Waals surface area contributed by atoms with Gasteiger partial charge in [-0.2, -0.15) is 5.26 Å². The Bertz CT molecular complexity index is 588. The van der Waals surface area contributed by atoms with Crippen LogP contribution in [0.2, 0.25) is 0 Å². The summed E-state index contributed by atoms with van der Waals surface area (Å²) >= 11 is 0. The SMILES string of the molecule is CCOc1ccc(N2C[C@]3(C)CN(CCCC#N)C[C@]3(C)C2)cc1. The molecule has 2 heterocycles. The lowest BCUT2D eigenvalue weighted by Gasteiger charge is -2.30. The summed E-state index contributed by atoms with van der Waals surface area (Å²) in [6, 6.07) is 10.8. The zero-order chi connectivity index (χ0) is 17.2. The molecule has 0 unspecified atom stereocenters. The normalized spacial score (nSPS) is 29.5. The fourth-order valence-corrected chi connectivity index (χ4v) is 4.45. The quantitative estimate of drug-likeness (QED) is 0.749. The van der Waals surface area contributed by atoms with Crippen LogP contribution < -0.4 is 9.64 Å². The molecule has 2 aliphatic rings. The highest BCUT2D eigenvalue weighted by Crippen LogP contribution is 2.52. The van der Waals surface area contributed by atoms with E-state index in [1.165, 1.54) is 5.69 Å². The average Bonchev–Trinajstić information content (AvgIpc) is 2.93. The molecule has 1 aromatic rings. The molecule has 130 valence electrons. The molecule has 0 spiro atoms. The molecular formula is C20H29N3O. The van der Waals surface area contributed by atoms with Gasteiger partial charge < -0.3 is 14.5 Å². The van der Waals surface area contributed by atoms with E-state index in [9.17, 15) is 0 Å². The number of unbranched alkanes of at least 4 members (excludes halogenated alkanes) is 1. The van der Waals surface area contributed by atoms with E-state index in [1.54, 1.807) is 0 Å². The number of ether oxygens (including phenoxy) is 1. The number of nitriles is 1. The predicted molar refractivity (Wildman–Crippen MR) is 97.3 cm³/mol. The molecule has 24 heavy (non-hydrogen) atoms. The molecule has 0 aliphatic carbocycles. The second-order valence-corrected chi connectivity index (χ2v) is 7.88. The number of benzene rings is 1. The van der Waals surface area contributed by atoms with Gasteiger partial charge in [-0.1, -0.05) is 13.8 Å². The second-order valence-electron chi connectivity index (χ2n) is 7.88. The van der Waals surface area contributed by atoms with Crippen LogP contribution in [0.1, 0.15) is 33.6 Å². The molecule has 0 bridgehead atoms. The van der Waals surface area contributed by atoms with Gasteiger partial charge in [-0.3, -0.25) is 0 Å². The molecule has 4 nitrogen and oxygen atoms in total. The van der Waals surface area contributed by atoms with Crippen molar-refractivity contribution in [1.29, 1.82) is 5.26 Å². The topological polar surface area (TPSA) is 39.5 Å². The van der Waals surface area contributed by atoms with Crippen LogP contribution in [0.5, 0.6) is 5.75 Å². The summed E-state index contributed by atoms with van der Waals surface area (Å²) < 4.78 is 5.55. The molecular weight excluding hydrogens is 298 g/mol. The van der Waals surface area contributed by atoms with Crippen LogP contribution in [0, 0.1) is 22.2 Å². The Morgan fingerprint density at radius 1 is 1.08 bits per heavy atom. The fraction of sp³-hybridized carbons (Fsp3) is 0.650. The van der Waals surface area contributed by atoms with Crippen LogP contribution in [0.25, 0.3) is 0 Å². The number of fused-ring (bicyclic) bond motifs is 1. The largest absolute Gasteiger partial charge is 0.494 e. The lowest BCUT2D eigenvalue weighted by molar-refractivity contribution is 0.212. The number of hydrogen-bond acceptors (Lipinski definition) is 4. The Hall–Kier alpha value is -1.73. The summed E-state index contributed by atoms with van der Waals surface area (Å²) in [5.74, 6) is 0.946. The summed E-state index contributed by atoms with van der Waals surface area (Å²) in [7, 11) is 0. The van der Waals surface area contributed by atoms with Gasteiger partial charge in [-0.25, -0.2) is 0 Å². The van der Waals surface area contributed by atoms with Gasteiger partial charge in [-0.15, -0.1) is 0 Å². The van der Waals surface area contributed by atoms with E-state index in [1.807, 2.05) is 6.92 Å². The van der Waals surface area contributed by atoms with E-state index in [-0.39, 0.29) is 0 Å². The summed E-state index contributed by atoms with van der Waals surface area (Å²) in [6.07, 6.45) is 1.66. The third-order valence-electron chi connectivity index (χ3n) is 5.96. The van der Waals surface area contributed by atoms with Crippen LogP contribution >= 0.6 is 0 Å². The van der Waals surface area contributed by atoms with E-state index in [2.05, 4.69) is 54.0 Å². The van der Waals surface area contributed by atoms with Gasteiger partial charge in [0.1, 0.15) is 5.75 Å². The van der Waals surface area contributed by atoms with E-state index >= 15 is 0 Å². The zero-order valence-corrected chi connectivity index (χ0v) is 15.2. The van der Waals surface area contributed by atoms with Gasteiger partial charge in [0.05, 0.1) is 12.7 Å². The van der Waals surface area contributed by atoms with Crippen molar-refractivity contribution in [3.05, 3.63) is 24.3 Å². The first kappa shape index (κ1) is 17.1. The monoisotopic (exact) mass is 327 g/mol. The highest BCUT2D eigenvalue weighted by atomic mass is 16.5. The molecule has 4 heteroatoms. The number of anilines is 1. The second kappa shape index (κ2) is 6.64. The van der Waals surface area contributed by atoms with Crippen molar-refractivity contribution in [2.75, 3.05) is 44.2 Å². The first-order valence-corrected chi connectivity index (χ1v) is 9.07.